The summed E-state index contributed by atoms with van der Waals surface area (Å²) in [5, 5.41) is 0. The van der Waals surface area contributed by atoms with Gasteiger partial charge < -0.3 is 4.74 Å². The Morgan fingerprint density at radius 3 is 2.46 bits per heavy atom. The van der Waals surface area contributed by atoms with Gasteiger partial charge in [-0.25, -0.2) is 9.69 Å². The minimum atomic E-state index is -0.494. The largest absolute Gasteiger partial charge is 0.459 e. The number of hydrogen-bond acceptors (Lipinski definition) is 4. The molecular weight excluding hydrogens is 374 g/mol. The first kappa shape index (κ1) is 16.4. The summed E-state index contributed by atoms with van der Waals surface area (Å²) in [6, 6.07) is 11.2. The third kappa shape index (κ3) is 2.85. The average Bonchev–Trinajstić information content (AvgIpc) is 2.77. The van der Waals surface area contributed by atoms with Crippen LogP contribution in [0.5, 0.6) is 0 Å². The minimum absolute atomic E-state index is 0.252. The second-order valence-electron chi connectivity index (χ2n) is 5.64. The van der Waals surface area contributed by atoms with Crippen LogP contribution in [0.15, 0.2) is 46.9 Å². The van der Waals surface area contributed by atoms with Gasteiger partial charge in [-0.2, -0.15) is 0 Å². The van der Waals surface area contributed by atoms with Crippen LogP contribution in [-0.2, 0) is 4.74 Å². The fraction of sp³-hybridized carbons (Fsp3) is 0.167. The summed E-state index contributed by atoms with van der Waals surface area (Å²) in [6.45, 7) is 3.51. The summed E-state index contributed by atoms with van der Waals surface area (Å²) in [5.74, 6) is -1.31. The van der Waals surface area contributed by atoms with Crippen molar-refractivity contribution in [2.24, 2.45) is 0 Å². The molecule has 3 rings (SSSR count). The van der Waals surface area contributed by atoms with Crippen LogP contribution in [0.1, 0.15) is 44.9 Å². The van der Waals surface area contributed by atoms with E-state index in [1.165, 1.54) is 6.07 Å². The Kier molecular flexibility index (Phi) is 4.24. The van der Waals surface area contributed by atoms with Gasteiger partial charge in [-0.15, -0.1) is 0 Å². The Balaban J connectivity index is 1.97. The summed E-state index contributed by atoms with van der Waals surface area (Å²) in [5.41, 5.74) is 1.32. The van der Waals surface area contributed by atoms with Gasteiger partial charge in [0.25, 0.3) is 11.8 Å². The number of carbonyl (C=O) groups excluding carboxylic acids is 3. The zero-order valence-electron chi connectivity index (χ0n) is 13.1. The lowest BCUT2D eigenvalue weighted by Crippen LogP contribution is -2.29. The summed E-state index contributed by atoms with van der Waals surface area (Å²) in [6.07, 6.45) is -0.252. The molecule has 2 aromatic carbocycles. The van der Waals surface area contributed by atoms with E-state index in [0.29, 0.717) is 22.4 Å². The van der Waals surface area contributed by atoms with Gasteiger partial charge in [0.15, 0.2) is 0 Å². The standard InChI is InChI=1S/C18H14BrNO4/c1-10(2)24-18(23)11-4-3-5-13(8-11)20-16(21)14-7-6-12(19)9-15(14)17(20)22/h3-10H,1-2H3. The smallest absolute Gasteiger partial charge is 0.338 e. The fourth-order valence-corrected chi connectivity index (χ4v) is 2.86. The van der Waals surface area contributed by atoms with Crippen molar-refractivity contribution in [3.63, 3.8) is 0 Å². The second-order valence-corrected chi connectivity index (χ2v) is 6.56. The maximum atomic E-state index is 12.6. The molecule has 1 aliphatic heterocycles. The Morgan fingerprint density at radius 2 is 1.75 bits per heavy atom. The number of amides is 2. The number of nitrogens with zero attached hydrogens (tertiary/aromatic N) is 1. The Labute approximate surface area is 147 Å². The van der Waals surface area contributed by atoms with Crippen molar-refractivity contribution in [3.05, 3.63) is 63.6 Å². The van der Waals surface area contributed by atoms with E-state index in [1.807, 2.05) is 0 Å². The third-order valence-corrected chi connectivity index (χ3v) is 4.02. The topological polar surface area (TPSA) is 63.7 Å². The molecule has 0 bridgehead atoms. The Hall–Kier alpha value is -2.47. The fourth-order valence-electron chi connectivity index (χ4n) is 2.50. The van der Waals surface area contributed by atoms with Crippen molar-refractivity contribution < 1.29 is 19.1 Å². The molecule has 0 saturated carbocycles. The van der Waals surface area contributed by atoms with Crippen LogP contribution >= 0.6 is 15.9 Å². The molecule has 24 heavy (non-hydrogen) atoms. The van der Waals surface area contributed by atoms with Crippen LogP contribution in [0.25, 0.3) is 0 Å². The van der Waals surface area contributed by atoms with Gasteiger partial charge in [0.2, 0.25) is 0 Å². The highest BCUT2D eigenvalue weighted by atomic mass is 79.9. The van der Waals surface area contributed by atoms with Crippen molar-refractivity contribution in [1.29, 1.82) is 0 Å². The molecule has 0 N–H and O–H groups in total. The van der Waals surface area contributed by atoms with Crippen LogP contribution in [0.3, 0.4) is 0 Å². The van der Waals surface area contributed by atoms with Gasteiger partial charge in [0, 0.05) is 4.47 Å². The van der Waals surface area contributed by atoms with Crippen molar-refractivity contribution in [1.82, 2.24) is 0 Å². The number of fused-ring (bicyclic) bond motifs is 1. The first-order valence-corrected chi connectivity index (χ1v) is 8.17. The molecule has 1 heterocycles. The zero-order chi connectivity index (χ0) is 17.4. The van der Waals surface area contributed by atoms with Crippen LogP contribution in [0.4, 0.5) is 5.69 Å². The molecule has 1 aliphatic rings. The van der Waals surface area contributed by atoms with E-state index in [4.69, 9.17) is 4.74 Å². The lowest BCUT2D eigenvalue weighted by molar-refractivity contribution is 0.0377. The van der Waals surface area contributed by atoms with Crippen molar-refractivity contribution in [2.45, 2.75) is 20.0 Å². The molecule has 0 aliphatic carbocycles. The molecule has 0 aromatic heterocycles. The second kappa shape index (κ2) is 6.20. The number of benzene rings is 2. The number of carbonyl (C=O) groups is 3. The van der Waals surface area contributed by atoms with E-state index in [2.05, 4.69) is 15.9 Å². The Bertz CT molecular complexity index is 860. The number of esters is 1. The summed E-state index contributed by atoms with van der Waals surface area (Å²) < 4.78 is 5.87. The summed E-state index contributed by atoms with van der Waals surface area (Å²) in [7, 11) is 0. The SMILES string of the molecule is CC(C)OC(=O)c1cccc(N2C(=O)c3ccc(Br)cc3C2=O)c1. The lowest BCUT2D eigenvalue weighted by Gasteiger charge is -2.15. The first-order chi connectivity index (χ1) is 11.4. The van der Waals surface area contributed by atoms with E-state index in [9.17, 15) is 14.4 Å². The normalized spacial score (nSPS) is 13.4. The highest BCUT2D eigenvalue weighted by molar-refractivity contribution is 9.10. The molecule has 0 radical (unpaired) electrons. The molecule has 6 heteroatoms. The van der Waals surface area contributed by atoms with Crippen LogP contribution in [0.2, 0.25) is 0 Å². The van der Waals surface area contributed by atoms with Gasteiger partial charge in [-0.05, 0) is 50.2 Å². The molecule has 5 nitrogen and oxygen atoms in total. The number of ether oxygens (including phenoxy) is 1. The number of rotatable bonds is 3. The molecule has 0 unspecified atom stereocenters. The third-order valence-electron chi connectivity index (χ3n) is 3.53. The summed E-state index contributed by atoms with van der Waals surface area (Å²) in [4.78, 5) is 38.2. The average molecular weight is 388 g/mol. The first-order valence-electron chi connectivity index (χ1n) is 7.38. The van der Waals surface area contributed by atoms with Gasteiger partial charge in [-0.1, -0.05) is 22.0 Å². The van der Waals surface area contributed by atoms with Crippen LogP contribution < -0.4 is 4.90 Å². The maximum Gasteiger partial charge on any atom is 0.338 e. The molecule has 0 atom stereocenters. The minimum Gasteiger partial charge on any atom is -0.459 e. The van der Waals surface area contributed by atoms with E-state index in [1.54, 1.807) is 50.2 Å². The summed E-state index contributed by atoms with van der Waals surface area (Å²) >= 11 is 3.30. The van der Waals surface area contributed by atoms with Gasteiger partial charge in [-0.3, -0.25) is 9.59 Å². The van der Waals surface area contributed by atoms with E-state index in [0.717, 1.165) is 9.37 Å². The molecule has 2 aromatic rings. The number of halogens is 1. The molecular formula is C18H14BrNO4. The predicted molar refractivity (Wildman–Crippen MR) is 92.3 cm³/mol. The molecule has 2 amide bonds. The number of hydrogen-bond donors (Lipinski definition) is 0. The quantitative estimate of drug-likeness (QED) is 0.593. The van der Waals surface area contributed by atoms with E-state index in [-0.39, 0.29) is 6.10 Å². The molecule has 0 fully saturated rings. The van der Waals surface area contributed by atoms with Crippen molar-refractivity contribution in [3.8, 4) is 0 Å². The molecule has 0 saturated heterocycles. The number of anilines is 1. The van der Waals surface area contributed by atoms with Crippen molar-refractivity contribution >= 4 is 39.4 Å². The molecule has 122 valence electrons. The predicted octanol–water partition coefficient (Wildman–Crippen LogP) is 3.81. The van der Waals surface area contributed by atoms with Gasteiger partial charge >= 0.3 is 5.97 Å². The monoisotopic (exact) mass is 387 g/mol. The number of imide groups is 1. The van der Waals surface area contributed by atoms with Crippen LogP contribution in [0, 0.1) is 0 Å². The van der Waals surface area contributed by atoms with Gasteiger partial charge in [0.1, 0.15) is 0 Å². The Morgan fingerprint density at radius 1 is 1.04 bits per heavy atom. The van der Waals surface area contributed by atoms with Gasteiger partial charge in [0.05, 0.1) is 28.5 Å². The highest BCUT2D eigenvalue weighted by Crippen LogP contribution is 2.30. The van der Waals surface area contributed by atoms with Crippen LogP contribution in [-0.4, -0.2) is 23.9 Å². The zero-order valence-corrected chi connectivity index (χ0v) is 14.7. The van der Waals surface area contributed by atoms with Crippen molar-refractivity contribution in [2.75, 3.05) is 4.90 Å². The van der Waals surface area contributed by atoms with E-state index < -0.39 is 17.8 Å². The highest BCUT2D eigenvalue weighted by Gasteiger charge is 2.36. The molecule has 0 spiro atoms. The lowest BCUT2D eigenvalue weighted by atomic mass is 10.1. The van der Waals surface area contributed by atoms with E-state index >= 15 is 0 Å². The maximum absolute atomic E-state index is 12.6.